The molecule has 1 fully saturated rings. The Bertz CT molecular complexity index is 1010. The zero-order valence-corrected chi connectivity index (χ0v) is 19.1. The van der Waals surface area contributed by atoms with Gasteiger partial charge in [-0.25, -0.2) is 14.8 Å². The SMILES string of the molecule is CCNC(=O)Nc1ccc(-c2nc3c(c(N4CCOCC4C)n2)CCN(C(=O)CN)C3)cc1. The zero-order chi connectivity index (χ0) is 23.4. The smallest absolute Gasteiger partial charge is 0.319 e. The fourth-order valence-corrected chi connectivity index (χ4v) is 4.20. The number of ether oxygens (including phenoxy) is 1. The summed E-state index contributed by atoms with van der Waals surface area (Å²) in [7, 11) is 0. The first-order valence-electron chi connectivity index (χ1n) is 11.4. The van der Waals surface area contributed by atoms with E-state index in [2.05, 4.69) is 22.5 Å². The number of benzene rings is 1. The van der Waals surface area contributed by atoms with Crippen LogP contribution in [0.4, 0.5) is 16.3 Å². The summed E-state index contributed by atoms with van der Waals surface area (Å²) in [6, 6.07) is 7.38. The molecule has 2 aromatic rings. The molecule has 1 saturated heterocycles. The van der Waals surface area contributed by atoms with Gasteiger partial charge in [0.2, 0.25) is 5.91 Å². The van der Waals surface area contributed by atoms with Crippen LogP contribution in [0.25, 0.3) is 11.4 Å². The monoisotopic (exact) mass is 453 g/mol. The molecule has 10 nitrogen and oxygen atoms in total. The van der Waals surface area contributed by atoms with Crippen LogP contribution in [-0.2, 0) is 22.5 Å². The lowest BCUT2D eigenvalue weighted by molar-refractivity contribution is -0.130. The van der Waals surface area contributed by atoms with E-state index in [0.717, 1.165) is 29.2 Å². The van der Waals surface area contributed by atoms with E-state index in [1.807, 2.05) is 31.2 Å². The highest BCUT2D eigenvalue weighted by Crippen LogP contribution is 2.31. The number of carbonyl (C=O) groups is 2. The van der Waals surface area contributed by atoms with Crippen molar-refractivity contribution in [1.82, 2.24) is 20.2 Å². The summed E-state index contributed by atoms with van der Waals surface area (Å²) in [6.07, 6.45) is 0.691. The van der Waals surface area contributed by atoms with E-state index in [0.29, 0.717) is 50.8 Å². The maximum atomic E-state index is 12.2. The van der Waals surface area contributed by atoms with Crippen molar-refractivity contribution < 1.29 is 14.3 Å². The molecule has 3 amide bonds. The number of carbonyl (C=O) groups excluding carboxylic acids is 2. The first-order valence-corrected chi connectivity index (χ1v) is 11.4. The lowest BCUT2D eigenvalue weighted by Crippen LogP contribution is -2.46. The molecule has 1 aromatic carbocycles. The molecule has 3 heterocycles. The summed E-state index contributed by atoms with van der Waals surface area (Å²) < 4.78 is 5.63. The van der Waals surface area contributed by atoms with Crippen LogP contribution >= 0.6 is 0 Å². The fraction of sp³-hybridized carbons (Fsp3) is 0.478. The minimum atomic E-state index is -0.247. The molecule has 2 aliphatic rings. The molecule has 0 spiro atoms. The topological polar surface area (TPSA) is 126 Å². The van der Waals surface area contributed by atoms with Crippen LogP contribution in [0.15, 0.2) is 24.3 Å². The van der Waals surface area contributed by atoms with Crippen molar-refractivity contribution in [3.63, 3.8) is 0 Å². The Balaban J connectivity index is 1.69. The van der Waals surface area contributed by atoms with E-state index in [-0.39, 0.29) is 24.5 Å². The molecule has 1 atom stereocenters. The Morgan fingerprint density at radius 1 is 1.21 bits per heavy atom. The van der Waals surface area contributed by atoms with Crippen molar-refractivity contribution in [2.45, 2.75) is 32.9 Å². The lowest BCUT2D eigenvalue weighted by Gasteiger charge is -2.37. The largest absolute Gasteiger partial charge is 0.377 e. The molecular weight excluding hydrogens is 422 g/mol. The highest BCUT2D eigenvalue weighted by atomic mass is 16.5. The van der Waals surface area contributed by atoms with Gasteiger partial charge < -0.3 is 30.9 Å². The van der Waals surface area contributed by atoms with Gasteiger partial charge >= 0.3 is 6.03 Å². The van der Waals surface area contributed by atoms with Gasteiger partial charge in [0.15, 0.2) is 5.82 Å². The number of hydrogen-bond donors (Lipinski definition) is 3. The van der Waals surface area contributed by atoms with E-state index in [1.165, 1.54) is 0 Å². The number of fused-ring (bicyclic) bond motifs is 1. The zero-order valence-electron chi connectivity index (χ0n) is 19.1. The number of nitrogens with zero attached hydrogens (tertiary/aromatic N) is 4. The average molecular weight is 454 g/mol. The summed E-state index contributed by atoms with van der Waals surface area (Å²) in [6.45, 7) is 7.61. The van der Waals surface area contributed by atoms with E-state index in [9.17, 15) is 9.59 Å². The summed E-state index contributed by atoms with van der Waals surface area (Å²) >= 11 is 0. The Labute approximate surface area is 193 Å². The Morgan fingerprint density at radius 3 is 2.70 bits per heavy atom. The van der Waals surface area contributed by atoms with Crippen LogP contribution in [0, 0.1) is 0 Å². The van der Waals surface area contributed by atoms with Crippen LogP contribution < -0.4 is 21.3 Å². The number of nitrogens with two attached hydrogens (primary N) is 1. The number of urea groups is 1. The molecule has 2 aliphatic heterocycles. The summed E-state index contributed by atoms with van der Waals surface area (Å²) in [5.74, 6) is 1.42. The molecular formula is C23H31N7O3. The summed E-state index contributed by atoms with van der Waals surface area (Å²) in [5.41, 5.74) is 9.06. The van der Waals surface area contributed by atoms with Crippen LogP contribution in [-0.4, -0.2) is 72.2 Å². The normalized spacial score (nSPS) is 18.0. The standard InChI is InChI=1S/C23H31N7O3/c1-3-25-23(32)26-17-6-4-16(5-7-17)21-27-19-13-29(20(31)12-24)9-8-18(19)22(28-21)30-10-11-33-14-15(30)2/h4-7,15H,3,8-14,24H2,1-2H3,(H2,25,26,32). The van der Waals surface area contributed by atoms with E-state index >= 15 is 0 Å². The lowest BCUT2D eigenvalue weighted by atomic mass is 10.0. The molecule has 33 heavy (non-hydrogen) atoms. The molecule has 0 bridgehead atoms. The minimum Gasteiger partial charge on any atom is -0.377 e. The van der Waals surface area contributed by atoms with Gasteiger partial charge in [0, 0.05) is 36.4 Å². The molecule has 1 unspecified atom stereocenters. The van der Waals surface area contributed by atoms with Gasteiger partial charge in [0.05, 0.1) is 38.0 Å². The van der Waals surface area contributed by atoms with Gasteiger partial charge in [-0.3, -0.25) is 4.79 Å². The first kappa shape index (κ1) is 22.9. The van der Waals surface area contributed by atoms with E-state index < -0.39 is 0 Å². The maximum absolute atomic E-state index is 12.2. The third kappa shape index (κ3) is 5.07. The molecule has 0 saturated carbocycles. The van der Waals surface area contributed by atoms with Crippen LogP contribution in [0.3, 0.4) is 0 Å². The molecule has 0 radical (unpaired) electrons. The average Bonchev–Trinajstić information content (AvgIpc) is 2.83. The third-order valence-electron chi connectivity index (χ3n) is 5.95. The van der Waals surface area contributed by atoms with E-state index in [4.69, 9.17) is 20.4 Å². The first-order chi connectivity index (χ1) is 16.0. The maximum Gasteiger partial charge on any atom is 0.319 e. The molecule has 1 aromatic heterocycles. The van der Waals surface area contributed by atoms with Gasteiger partial charge in [0.25, 0.3) is 0 Å². The number of aromatic nitrogens is 2. The van der Waals surface area contributed by atoms with Crippen molar-refractivity contribution >= 4 is 23.4 Å². The Hall–Kier alpha value is -3.24. The second-order valence-corrected chi connectivity index (χ2v) is 8.24. The van der Waals surface area contributed by atoms with Gasteiger partial charge in [-0.15, -0.1) is 0 Å². The van der Waals surface area contributed by atoms with Gasteiger partial charge in [-0.1, -0.05) is 0 Å². The Kier molecular flexibility index (Phi) is 7.05. The predicted molar refractivity (Wildman–Crippen MR) is 126 cm³/mol. The molecule has 4 rings (SSSR count). The number of rotatable bonds is 5. The number of anilines is 2. The van der Waals surface area contributed by atoms with Crippen molar-refractivity contribution in [3.05, 3.63) is 35.5 Å². The highest BCUT2D eigenvalue weighted by Gasteiger charge is 2.30. The quantitative estimate of drug-likeness (QED) is 0.624. The summed E-state index contributed by atoms with van der Waals surface area (Å²) in [5, 5.41) is 5.50. The van der Waals surface area contributed by atoms with Crippen molar-refractivity contribution in [3.8, 4) is 11.4 Å². The number of morpholine rings is 1. The molecule has 0 aliphatic carbocycles. The highest BCUT2D eigenvalue weighted by molar-refractivity contribution is 5.89. The fourth-order valence-electron chi connectivity index (χ4n) is 4.20. The number of amides is 3. The Morgan fingerprint density at radius 2 is 2.00 bits per heavy atom. The number of nitrogens with one attached hydrogen (secondary N) is 2. The van der Waals surface area contributed by atoms with E-state index in [1.54, 1.807) is 4.90 Å². The van der Waals surface area contributed by atoms with Crippen LogP contribution in [0.2, 0.25) is 0 Å². The van der Waals surface area contributed by atoms with Crippen molar-refractivity contribution in [2.24, 2.45) is 5.73 Å². The third-order valence-corrected chi connectivity index (χ3v) is 5.95. The predicted octanol–water partition coefficient (Wildman–Crippen LogP) is 1.35. The molecule has 10 heteroatoms. The van der Waals surface area contributed by atoms with Crippen molar-refractivity contribution in [2.75, 3.05) is 49.6 Å². The second-order valence-electron chi connectivity index (χ2n) is 8.24. The van der Waals surface area contributed by atoms with Crippen molar-refractivity contribution in [1.29, 1.82) is 0 Å². The van der Waals surface area contributed by atoms with Gasteiger partial charge in [0.1, 0.15) is 5.82 Å². The van der Waals surface area contributed by atoms with Crippen LogP contribution in [0.1, 0.15) is 25.1 Å². The molecule has 4 N–H and O–H groups in total. The molecule has 176 valence electrons. The van der Waals surface area contributed by atoms with Gasteiger partial charge in [-0.05, 0) is 44.5 Å². The minimum absolute atomic E-state index is 0.0132. The number of hydrogen-bond acceptors (Lipinski definition) is 7. The second kappa shape index (κ2) is 10.1. The summed E-state index contributed by atoms with van der Waals surface area (Å²) in [4.78, 5) is 37.9. The van der Waals surface area contributed by atoms with Gasteiger partial charge in [-0.2, -0.15) is 0 Å². The van der Waals surface area contributed by atoms with Crippen LogP contribution in [0.5, 0.6) is 0 Å².